The van der Waals surface area contributed by atoms with Crippen molar-refractivity contribution >= 4 is 27.3 Å². The van der Waals surface area contributed by atoms with Gasteiger partial charge in [-0.1, -0.05) is 13.8 Å². The Balaban J connectivity index is 2.62. The summed E-state index contributed by atoms with van der Waals surface area (Å²) >= 11 is 5.26. The fourth-order valence-electron chi connectivity index (χ4n) is 1.94. The van der Waals surface area contributed by atoms with E-state index in [0.717, 1.165) is 18.9 Å². The van der Waals surface area contributed by atoms with Gasteiger partial charge in [-0.3, -0.25) is 4.90 Å². The third-order valence-corrected chi connectivity index (χ3v) is 5.22. The molecule has 2 nitrogen and oxygen atoms in total. The van der Waals surface area contributed by atoms with Gasteiger partial charge in [0.2, 0.25) is 0 Å². The zero-order valence-corrected chi connectivity index (χ0v) is 14.3. The number of rotatable bonds is 7. The average molecular weight is 333 g/mol. The van der Waals surface area contributed by atoms with Gasteiger partial charge in [-0.15, -0.1) is 11.3 Å². The first kappa shape index (κ1) is 16.2. The van der Waals surface area contributed by atoms with E-state index in [4.69, 9.17) is 5.73 Å². The molecule has 2 N–H and O–H groups in total. The van der Waals surface area contributed by atoms with Crippen LogP contribution in [0.3, 0.4) is 0 Å². The Morgan fingerprint density at radius 2 is 2.17 bits per heavy atom. The second kappa shape index (κ2) is 7.04. The van der Waals surface area contributed by atoms with Crippen molar-refractivity contribution in [2.24, 2.45) is 11.7 Å². The number of likely N-dealkylation sites (N-methyl/N-ethyl adjacent to an activating group) is 1. The summed E-state index contributed by atoms with van der Waals surface area (Å²) in [6.45, 7) is 8.49. The molecule has 1 aromatic rings. The lowest BCUT2D eigenvalue weighted by molar-refractivity contribution is 0.119. The highest BCUT2D eigenvalue weighted by molar-refractivity contribution is 9.11. The monoisotopic (exact) mass is 332 g/mol. The van der Waals surface area contributed by atoms with Crippen molar-refractivity contribution in [3.05, 3.63) is 20.8 Å². The van der Waals surface area contributed by atoms with Crippen LogP contribution in [0.15, 0.2) is 15.2 Å². The minimum Gasteiger partial charge on any atom is -0.329 e. The van der Waals surface area contributed by atoms with Crippen molar-refractivity contribution < 1.29 is 0 Å². The molecule has 1 unspecified atom stereocenters. The first-order valence-electron chi connectivity index (χ1n) is 6.51. The van der Waals surface area contributed by atoms with Crippen LogP contribution in [0.1, 0.15) is 39.2 Å². The fraction of sp³-hybridized carbons (Fsp3) is 0.714. The molecule has 0 saturated carbocycles. The highest BCUT2D eigenvalue weighted by Gasteiger charge is 2.27. The van der Waals surface area contributed by atoms with E-state index in [0.29, 0.717) is 6.54 Å². The third-order valence-electron chi connectivity index (χ3n) is 3.66. The van der Waals surface area contributed by atoms with Crippen LogP contribution in [0.5, 0.6) is 0 Å². The molecule has 18 heavy (non-hydrogen) atoms. The standard InChI is InChI=1S/C14H25BrN2S/c1-11(2)5-6-14(3,10-16)17(4)8-12-7-13(15)18-9-12/h7,9,11H,5-6,8,10,16H2,1-4H3. The van der Waals surface area contributed by atoms with Crippen LogP contribution in [-0.2, 0) is 6.54 Å². The number of nitrogens with zero attached hydrogens (tertiary/aromatic N) is 1. The summed E-state index contributed by atoms with van der Waals surface area (Å²) in [7, 11) is 2.18. The summed E-state index contributed by atoms with van der Waals surface area (Å²) in [6.07, 6.45) is 2.38. The lowest BCUT2D eigenvalue weighted by atomic mass is 9.90. The number of thiophene rings is 1. The summed E-state index contributed by atoms with van der Waals surface area (Å²) in [5.41, 5.74) is 7.46. The van der Waals surface area contributed by atoms with Gasteiger partial charge in [0.05, 0.1) is 3.79 Å². The molecule has 1 heterocycles. The molecule has 104 valence electrons. The normalized spacial score (nSPS) is 15.3. The Morgan fingerprint density at radius 1 is 1.50 bits per heavy atom. The van der Waals surface area contributed by atoms with Crippen molar-refractivity contribution in [2.75, 3.05) is 13.6 Å². The molecule has 0 aliphatic rings. The van der Waals surface area contributed by atoms with E-state index in [1.54, 1.807) is 11.3 Å². The Labute approximate surface area is 124 Å². The van der Waals surface area contributed by atoms with Crippen LogP contribution in [0, 0.1) is 5.92 Å². The van der Waals surface area contributed by atoms with E-state index in [-0.39, 0.29) is 5.54 Å². The maximum atomic E-state index is 6.00. The van der Waals surface area contributed by atoms with E-state index >= 15 is 0 Å². The molecule has 4 heteroatoms. The molecule has 0 fully saturated rings. The third kappa shape index (κ3) is 4.65. The van der Waals surface area contributed by atoms with Gasteiger partial charge in [-0.2, -0.15) is 0 Å². The smallest absolute Gasteiger partial charge is 0.0701 e. The summed E-state index contributed by atoms with van der Waals surface area (Å²) in [5.74, 6) is 0.736. The van der Waals surface area contributed by atoms with Crippen LogP contribution >= 0.6 is 27.3 Å². The van der Waals surface area contributed by atoms with Gasteiger partial charge in [0.15, 0.2) is 0 Å². The first-order valence-corrected chi connectivity index (χ1v) is 8.19. The largest absolute Gasteiger partial charge is 0.329 e. The van der Waals surface area contributed by atoms with Crippen LogP contribution in [0.2, 0.25) is 0 Å². The SMILES string of the molecule is CC(C)CCC(C)(CN)N(C)Cc1csc(Br)c1. The molecular weight excluding hydrogens is 308 g/mol. The number of hydrogen-bond acceptors (Lipinski definition) is 3. The maximum Gasteiger partial charge on any atom is 0.0701 e. The van der Waals surface area contributed by atoms with E-state index < -0.39 is 0 Å². The molecule has 1 atom stereocenters. The number of halogens is 1. The maximum absolute atomic E-state index is 6.00. The van der Waals surface area contributed by atoms with E-state index in [1.807, 2.05) is 0 Å². The van der Waals surface area contributed by atoms with Crippen LogP contribution in [0.25, 0.3) is 0 Å². The zero-order chi connectivity index (χ0) is 13.8. The van der Waals surface area contributed by atoms with Crippen LogP contribution in [0.4, 0.5) is 0 Å². The first-order chi connectivity index (χ1) is 8.37. The Hall–Kier alpha value is 0.100. The van der Waals surface area contributed by atoms with Gasteiger partial charge < -0.3 is 5.73 Å². The van der Waals surface area contributed by atoms with Crippen molar-refractivity contribution in [1.29, 1.82) is 0 Å². The molecule has 0 spiro atoms. The summed E-state index contributed by atoms with van der Waals surface area (Å²) in [6, 6.07) is 2.19. The second-order valence-electron chi connectivity index (χ2n) is 5.75. The van der Waals surface area contributed by atoms with E-state index in [9.17, 15) is 0 Å². The molecule has 0 aromatic carbocycles. The molecule has 0 radical (unpaired) electrons. The lowest BCUT2D eigenvalue weighted by Gasteiger charge is -2.38. The van der Waals surface area contributed by atoms with Crippen molar-refractivity contribution in [2.45, 2.75) is 45.7 Å². The Kier molecular flexibility index (Phi) is 6.31. The highest BCUT2D eigenvalue weighted by atomic mass is 79.9. The van der Waals surface area contributed by atoms with Gasteiger partial charge in [0.25, 0.3) is 0 Å². The second-order valence-corrected chi connectivity index (χ2v) is 8.04. The summed E-state index contributed by atoms with van der Waals surface area (Å²) in [5, 5.41) is 2.21. The van der Waals surface area contributed by atoms with Gasteiger partial charge in [0, 0.05) is 18.6 Å². The molecule has 0 aliphatic carbocycles. The molecule has 0 aliphatic heterocycles. The predicted octanol–water partition coefficient (Wildman–Crippen LogP) is 4.10. The summed E-state index contributed by atoms with van der Waals surface area (Å²) < 4.78 is 1.20. The van der Waals surface area contributed by atoms with E-state index in [1.165, 1.54) is 15.8 Å². The van der Waals surface area contributed by atoms with Crippen LogP contribution < -0.4 is 5.73 Å². The molecule has 0 amide bonds. The number of hydrogen-bond donors (Lipinski definition) is 1. The molecule has 0 bridgehead atoms. The average Bonchev–Trinajstić information content (AvgIpc) is 2.71. The van der Waals surface area contributed by atoms with Crippen molar-refractivity contribution in [3.8, 4) is 0 Å². The zero-order valence-electron chi connectivity index (χ0n) is 11.9. The fourth-order valence-corrected chi connectivity index (χ4v) is 3.14. The van der Waals surface area contributed by atoms with Gasteiger partial charge in [0.1, 0.15) is 0 Å². The topological polar surface area (TPSA) is 29.3 Å². The molecule has 1 aromatic heterocycles. The molecule has 0 saturated heterocycles. The van der Waals surface area contributed by atoms with Gasteiger partial charge >= 0.3 is 0 Å². The van der Waals surface area contributed by atoms with E-state index in [2.05, 4.69) is 60.1 Å². The Bertz CT molecular complexity index is 364. The Morgan fingerprint density at radius 3 is 2.61 bits per heavy atom. The molecular formula is C14H25BrN2S. The highest BCUT2D eigenvalue weighted by Crippen LogP contribution is 2.26. The summed E-state index contributed by atoms with van der Waals surface area (Å²) in [4.78, 5) is 2.39. The van der Waals surface area contributed by atoms with Gasteiger partial charge in [-0.05, 0) is 65.7 Å². The number of nitrogens with two attached hydrogens (primary N) is 1. The van der Waals surface area contributed by atoms with Crippen molar-refractivity contribution in [3.63, 3.8) is 0 Å². The molecule has 1 rings (SSSR count). The quantitative estimate of drug-likeness (QED) is 0.814. The van der Waals surface area contributed by atoms with Crippen LogP contribution in [-0.4, -0.2) is 24.0 Å². The van der Waals surface area contributed by atoms with Crippen molar-refractivity contribution in [1.82, 2.24) is 4.90 Å². The lowest BCUT2D eigenvalue weighted by Crippen LogP contribution is -2.49. The predicted molar refractivity (Wildman–Crippen MR) is 85.0 cm³/mol. The minimum atomic E-state index is 0.0959. The van der Waals surface area contributed by atoms with Gasteiger partial charge in [-0.25, -0.2) is 0 Å². The minimum absolute atomic E-state index is 0.0959.